The molecule has 1 aromatic carbocycles. The summed E-state index contributed by atoms with van der Waals surface area (Å²) in [5, 5.41) is 3.93. The number of hydrogen-bond donors (Lipinski definition) is 1. The topological polar surface area (TPSA) is 61.3 Å². The minimum absolute atomic E-state index is 0.360. The van der Waals surface area contributed by atoms with E-state index in [1.165, 1.54) is 0 Å². The Labute approximate surface area is 106 Å². The quantitative estimate of drug-likeness (QED) is 0.882. The average Bonchev–Trinajstić information content (AvgIpc) is 2.83. The van der Waals surface area contributed by atoms with Crippen LogP contribution in [0.25, 0.3) is 11.1 Å². The van der Waals surface area contributed by atoms with E-state index in [0.717, 1.165) is 42.9 Å². The SMILES string of the molecule is Nc1noc(C2CCOCC2)c1-c1ccccc1. The fourth-order valence-electron chi connectivity index (χ4n) is 2.45. The lowest BCUT2D eigenvalue weighted by molar-refractivity contribution is 0.0792. The van der Waals surface area contributed by atoms with E-state index in [-0.39, 0.29) is 0 Å². The normalized spacial score (nSPS) is 16.9. The van der Waals surface area contributed by atoms with E-state index in [9.17, 15) is 0 Å². The van der Waals surface area contributed by atoms with Crippen LogP contribution in [-0.4, -0.2) is 18.4 Å². The van der Waals surface area contributed by atoms with Crippen LogP contribution < -0.4 is 5.73 Å². The highest BCUT2D eigenvalue weighted by Gasteiger charge is 2.25. The fourth-order valence-corrected chi connectivity index (χ4v) is 2.45. The third kappa shape index (κ3) is 1.99. The van der Waals surface area contributed by atoms with E-state index in [0.29, 0.717) is 11.7 Å². The van der Waals surface area contributed by atoms with Crippen molar-refractivity contribution in [1.29, 1.82) is 0 Å². The summed E-state index contributed by atoms with van der Waals surface area (Å²) in [5.74, 6) is 1.74. The van der Waals surface area contributed by atoms with Crippen LogP contribution >= 0.6 is 0 Å². The van der Waals surface area contributed by atoms with Crippen molar-refractivity contribution in [1.82, 2.24) is 5.16 Å². The molecule has 0 spiro atoms. The first-order chi connectivity index (χ1) is 8.86. The lowest BCUT2D eigenvalue weighted by Crippen LogP contribution is -2.14. The number of rotatable bonds is 2. The van der Waals surface area contributed by atoms with Crippen molar-refractivity contribution < 1.29 is 9.26 Å². The summed E-state index contributed by atoms with van der Waals surface area (Å²) in [6, 6.07) is 10.0. The Bertz CT molecular complexity index is 516. The summed E-state index contributed by atoms with van der Waals surface area (Å²) in [4.78, 5) is 0. The minimum atomic E-state index is 0.360. The van der Waals surface area contributed by atoms with Crippen molar-refractivity contribution in [2.24, 2.45) is 0 Å². The Balaban J connectivity index is 2.01. The van der Waals surface area contributed by atoms with E-state index < -0.39 is 0 Å². The molecule has 0 aliphatic carbocycles. The predicted octanol–water partition coefficient (Wildman–Crippen LogP) is 2.82. The number of aromatic nitrogens is 1. The molecular weight excluding hydrogens is 228 g/mol. The number of nitrogens with two attached hydrogens (primary N) is 1. The lowest BCUT2D eigenvalue weighted by atomic mass is 9.92. The molecule has 1 aromatic heterocycles. The molecule has 4 heteroatoms. The molecule has 0 radical (unpaired) electrons. The van der Waals surface area contributed by atoms with Crippen LogP contribution in [0.15, 0.2) is 34.9 Å². The molecule has 0 saturated carbocycles. The van der Waals surface area contributed by atoms with Crippen molar-refractivity contribution in [3.8, 4) is 11.1 Å². The van der Waals surface area contributed by atoms with E-state index >= 15 is 0 Å². The molecule has 1 saturated heterocycles. The average molecular weight is 244 g/mol. The van der Waals surface area contributed by atoms with Gasteiger partial charge in [0.05, 0.1) is 5.56 Å². The molecule has 1 fully saturated rings. The van der Waals surface area contributed by atoms with E-state index in [1.807, 2.05) is 30.3 Å². The molecule has 1 aliphatic rings. The van der Waals surface area contributed by atoms with Crippen molar-refractivity contribution in [3.63, 3.8) is 0 Å². The zero-order chi connectivity index (χ0) is 12.4. The Kier molecular flexibility index (Phi) is 3.02. The molecule has 0 bridgehead atoms. The summed E-state index contributed by atoms with van der Waals surface area (Å²) in [7, 11) is 0. The van der Waals surface area contributed by atoms with Crippen LogP contribution in [0.3, 0.4) is 0 Å². The van der Waals surface area contributed by atoms with Crippen molar-refractivity contribution >= 4 is 5.82 Å². The zero-order valence-corrected chi connectivity index (χ0v) is 10.1. The predicted molar refractivity (Wildman–Crippen MR) is 69.1 cm³/mol. The van der Waals surface area contributed by atoms with Gasteiger partial charge in [0.1, 0.15) is 5.76 Å². The number of ether oxygens (including phenoxy) is 1. The molecular formula is C14H16N2O2. The number of nitrogen functional groups attached to an aromatic ring is 1. The maximum Gasteiger partial charge on any atom is 0.175 e. The van der Waals surface area contributed by atoms with Crippen molar-refractivity contribution in [3.05, 3.63) is 36.1 Å². The summed E-state index contributed by atoms with van der Waals surface area (Å²) >= 11 is 0. The zero-order valence-electron chi connectivity index (χ0n) is 10.1. The maximum absolute atomic E-state index is 5.94. The summed E-state index contributed by atoms with van der Waals surface area (Å²) in [6.45, 7) is 1.55. The third-order valence-electron chi connectivity index (χ3n) is 3.40. The number of nitrogens with zero attached hydrogens (tertiary/aromatic N) is 1. The number of anilines is 1. The number of hydrogen-bond acceptors (Lipinski definition) is 4. The first-order valence-corrected chi connectivity index (χ1v) is 6.24. The summed E-state index contributed by atoms with van der Waals surface area (Å²) in [5.41, 5.74) is 7.96. The smallest absolute Gasteiger partial charge is 0.175 e. The van der Waals surface area contributed by atoms with Crippen LogP contribution in [-0.2, 0) is 4.74 Å². The van der Waals surface area contributed by atoms with Crippen LogP contribution in [0.4, 0.5) is 5.82 Å². The van der Waals surface area contributed by atoms with Crippen LogP contribution in [0.2, 0.25) is 0 Å². The van der Waals surface area contributed by atoms with Crippen LogP contribution in [0.5, 0.6) is 0 Å². The monoisotopic (exact) mass is 244 g/mol. The molecule has 94 valence electrons. The molecule has 3 rings (SSSR count). The Morgan fingerprint density at radius 1 is 1.11 bits per heavy atom. The molecule has 4 nitrogen and oxygen atoms in total. The highest BCUT2D eigenvalue weighted by atomic mass is 16.5. The second-order valence-corrected chi connectivity index (χ2v) is 4.56. The molecule has 0 unspecified atom stereocenters. The molecule has 2 N–H and O–H groups in total. The van der Waals surface area contributed by atoms with E-state index in [2.05, 4.69) is 5.16 Å². The Hall–Kier alpha value is -1.81. The second kappa shape index (κ2) is 4.82. The molecule has 2 heterocycles. The highest BCUT2D eigenvalue weighted by Crippen LogP contribution is 2.37. The van der Waals surface area contributed by atoms with Gasteiger partial charge in [0.2, 0.25) is 0 Å². The molecule has 0 amide bonds. The van der Waals surface area contributed by atoms with Gasteiger partial charge < -0.3 is 15.0 Å². The fraction of sp³-hybridized carbons (Fsp3) is 0.357. The standard InChI is InChI=1S/C14H16N2O2/c15-14-12(10-4-2-1-3-5-10)13(18-16-14)11-6-8-17-9-7-11/h1-5,11H,6-9H2,(H2,15,16). The highest BCUT2D eigenvalue weighted by molar-refractivity contribution is 5.75. The molecule has 0 atom stereocenters. The van der Waals surface area contributed by atoms with Gasteiger partial charge in [0, 0.05) is 19.1 Å². The third-order valence-corrected chi connectivity index (χ3v) is 3.40. The largest absolute Gasteiger partial charge is 0.381 e. The Morgan fingerprint density at radius 3 is 2.56 bits per heavy atom. The molecule has 1 aliphatic heterocycles. The summed E-state index contributed by atoms with van der Waals surface area (Å²) < 4.78 is 10.8. The number of benzene rings is 1. The van der Waals surface area contributed by atoms with Gasteiger partial charge in [-0.3, -0.25) is 0 Å². The van der Waals surface area contributed by atoms with Gasteiger partial charge in [-0.15, -0.1) is 0 Å². The molecule has 18 heavy (non-hydrogen) atoms. The Morgan fingerprint density at radius 2 is 1.83 bits per heavy atom. The van der Waals surface area contributed by atoms with E-state index in [1.54, 1.807) is 0 Å². The van der Waals surface area contributed by atoms with Gasteiger partial charge in [-0.2, -0.15) is 0 Å². The van der Waals surface area contributed by atoms with E-state index in [4.69, 9.17) is 15.0 Å². The summed E-state index contributed by atoms with van der Waals surface area (Å²) in [6.07, 6.45) is 1.93. The first-order valence-electron chi connectivity index (χ1n) is 6.24. The maximum atomic E-state index is 5.94. The van der Waals surface area contributed by atoms with Gasteiger partial charge in [-0.1, -0.05) is 35.5 Å². The van der Waals surface area contributed by atoms with Gasteiger partial charge >= 0.3 is 0 Å². The van der Waals surface area contributed by atoms with Gasteiger partial charge in [-0.25, -0.2) is 0 Å². The van der Waals surface area contributed by atoms with Crippen molar-refractivity contribution in [2.75, 3.05) is 18.9 Å². The van der Waals surface area contributed by atoms with Crippen molar-refractivity contribution in [2.45, 2.75) is 18.8 Å². The second-order valence-electron chi connectivity index (χ2n) is 4.56. The van der Waals surface area contributed by atoms with Gasteiger partial charge in [0.25, 0.3) is 0 Å². The first kappa shape index (κ1) is 11.3. The van der Waals surface area contributed by atoms with Gasteiger partial charge in [-0.05, 0) is 18.4 Å². The van der Waals surface area contributed by atoms with Gasteiger partial charge in [0.15, 0.2) is 5.82 Å². The van der Waals surface area contributed by atoms with Crippen LogP contribution in [0.1, 0.15) is 24.5 Å². The molecule has 2 aromatic rings. The minimum Gasteiger partial charge on any atom is -0.381 e. The lowest BCUT2D eigenvalue weighted by Gasteiger charge is -2.20. The van der Waals surface area contributed by atoms with Crippen LogP contribution in [0, 0.1) is 0 Å².